The quantitative estimate of drug-likeness (QED) is 0.839. The highest BCUT2D eigenvalue weighted by Crippen LogP contribution is 2.57. The van der Waals surface area contributed by atoms with Crippen LogP contribution in [0.15, 0.2) is 0 Å². The fourth-order valence-electron chi connectivity index (χ4n) is 5.38. The molecule has 4 bridgehead atoms. The second kappa shape index (κ2) is 4.72. The fourth-order valence-corrected chi connectivity index (χ4v) is 5.38. The molecule has 0 heterocycles. The van der Waals surface area contributed by atoms with Crippen molar-refractivity contribution in [2.24, 2.45) is 23.7 Å². The van der Waals surface area contributed by atoms with Crippen molar-refractivity contribution in [1.29, 1.82) is 0 Å². The van der Waals surface area contributed by atoms with Gasteiger partial charge in [0.15, 0.2) is 0 Å². The first kappa shape index (κ1) is 13.1. The van der Waals surface area contributed by atoms with Crippen molar-refractivity contribution in [1.82, 2.24) is 5.32 Å². The van der Waals surface area contributed by atoms with E-state index in [0.29, 0.717) is 12.5 Å². The zero-order chi connectivity index (χ0) is 13.7. The van der Waals surface area contributed by atoms with Crippen molar-refractivity contribution in [3.05, 3.63) is 0 Å². The molecule has 20 heavy (non-hydrogen) atoms. The summed E-state index contributed by atoms with van der Waals surface area (Å²) in [6.45, 7) is 2.82. The van der Waals surface area contributed by atoms with E-state index in [1.54, 1.807) is 0 Å². The Labute approximate surface area is 121 Å². The van der Waals surface area contributed by atoms with Gasteiger partial charge in [0, 0.05) is 12.5 Å². The molecule has 0 aromatic heterocycles. The van der Waals surface area contributed by atoms with Gasteiger partial charge in [-0.2, -0.15) is 0 Å². The van der Waals surface area contributed by atoms with Gasteiger partial charge in [0.2, 0.25) is 5.91 Å². The number of ether oxygens (including phenoxy) is 1. The van der Waals surface area contributed by atoms with Crippen molar-refractivity contribution in [2.45, 2.75) is 70.0 Å². The van der Waals surface area contributed by atoms with Crippen LogP contribution in [0.2, 0.25) is 0 Å². The van der Waals surface area contributed by atoms with Crippen molar-refractivity contribution < 1.29 is 9.53 Å². The zero-order valence-corrected chi connectivity index (χ0v) is 12.6. The molecule has 0 unspecified atom stereocenters. The zero-order valence-electron chi connectivity index (χ0n) is 12.6. The molecule has 3 nitrogen and oxygen atoms in total. The van der Waals surface area contributed by atoms with Gasteiger partial charge in [0.05, 0.1) is 11.7 Å². The van der Waals surface area contributed by atoms with Crippen LogP contribution < -0.4 is 5.32 Å². The molecule has 5 fully saturated rings. The van der Waals surface area contributed by atoms with E-state index in [0.717, 1.165) is 30.6 Å². The summed E-state index contributed by atoms with van der Waals surface area (Å²) in [5.41, 5.74) is 0.165. The van der Waals surface area contributed by atoms with Crippen molar-refractivity contribution in [3.63, 3.8) is 0 Å². The Bertz CT molecular complexity index is 367. The van der Waals surface area contributed by atoms with Crippen LogP contribution in [-0.4, -0.2) is 24.2 Å². The van der Waals surface area contributed by atoms with Crippen molar-refractivity contribution in [3.8, 4) is 0 Å². The monoisotopic (exact) mass is 277 g/mol. The number of amides is 1. The molecule has 0 spiro atoms. The summed E-state index contributed by atoms with van der Waals surface area (Å²) in [5.74, 6) is 3.33. The Morgan fingerprint density at radius 3 is 2.20 bits per heavy atom. The second-order valence-corrected chi connectivity index (χ2v) is 8.05. The van der Waals surface area contributed by atoms with Gasteiger partial charge in [-0.25, -0.2) is 0 Å². The fraction of sp³-hybridized carbons (Fsp3) is 0.941. The number of nitrogens with one attached hydrogen (secondary N) is 1. The third kappa shape index (κ3) is 2.49. The van der Waals surface area contributed by atoms with E-state index < -0.39 is 0 Å². The molecular formula is C17H27NO2. The number of rotatable bonds is 5. The first-order valence-electron chi connectivity index (χ1n) is 8.57. The number of hydrogen-bond donors (Lipinski definition) is 1. The third-order valence-corrected chi connectivity index (χ3v) is 5.95. The minimum atomic E-state index is 0.161. The van der Waals surface area contributed by atoms with Gasteiger partial charge in [-0.15, -0.1) is 0 Å². The van der Waals surface area contributed by atoms with Crippen molar-refractivity contribution in [2.75, 3.05) is 6.54 Å². The van der Waals surface area contributed by atoms with E-state index in [4.69, 9.17) is 4.74 Å². The topological polar surface area (TPSA) is 38.3 Å². The maximum atomic E-state index is 11.7. The molecule has 5 aliphatic rings. The molecule has 112 valence electrons. The normalized spacial score (nSPS) is 43.5. The lowest BCUT2D eigenvalue weighted by Gasteiger charge is -2.57. The Balaban J connectivity index is 1.32. The summed E-state index contributed by atoms with van der Waals surface area (Å²) in [6.07, 6.45) is 10.5. The predicted octanol–water partition coefficient (Wildman–Crippen LogP) is 2.89. The number of carbonyl (C=O) groups excluding carboxylic acids is 1. The summed E-state index contributed by atoms with van der Waals surface area (Å²) < 4.78 is 6.49. The van der Waals surface area contributed by atoms with Crippen LogP contribution in [0.1, 0.15) is 58.3 Å². The largest absolute Gasteiger partial charge is 0.370 e. The van der Waals surface area contributed by atoms with Gasteiger partial charge in [-0.3, -0.25) is 4.79 Å². The SMILES string of the molecule is C[C@@H](CNC(=O)C1CC1)OC12CC3CC(CC(C3)C1)C2. The smallest absolute Gasteiger partial charge is 0.223 e. The van der Waals surface area contributed by atoms with Crippen LogP contribution in [0, 0.1) is 23.7 Å². The summed E-state index contributed by atoms with van der Waals surface area (Å²) in [7, 11) is 0. The first-order valence-corrected chi connectivity index (χ1v) is 8.57. The van der Waals surface area contributed by atoms with E-state index in [-0.39, 0.29) is 17.6 Å². The van der Waals surface area contributed by atoms with Gasteiger partial charge in [-0.05, 0) is 76.0 Å². The minimum absolute atomic E-state index is 0.161. The molecule has 0 saturated heterocycles. The minimum Gasteiger partial charge on any atom is -0.370 e. The molecule has 1 atom stereocenters. The molecule has 0 radical (unpaired) electrons. The van der Waals surface area contributed by atoms with Crippen LogP contribution >= 0.6 is 0 Å². The number of hydrogen-bond acceptors (Lipinski definition) is 2. The molecule has 1 N–H and O–H groups in total. The lowest BCUT2D eigenvalue weighted by Crippen LogP contribution is -2.54. The first-order chi connectivity index (χ1) is 9.62. The highest BCUT2D eigenvalue weighted by Gasteiger charge is 2.52. The molecule has 0 aromatic rings. The standard InChI is InChI=1S/C17H27NO2/c1-11(10-18-16(19)15-2-3-15)20-17-7-12-4-13(8-17)6-14(5-12)9-17/h11-15H,2-10H2,1H3,(H,18,19)/t11-,12?,13?,14?,17?/m0/s1. The van der Waals surface area contributed by atoms with Gasteiger partial charge in [0.1, 0.15) is 0 Å². The molecule has 5 saturated carbocycles. The Hall–Kier alpha value is -0.570. The van der Waals surface area contributed by atoms with Gasteiger partial charge >= 0.3 is 0 Å². The maximum Gasteiger partial charge on any atom is 0.223 e. The summed E-state index contributed by atoms with van der Waals surface area (Å²) in [5, 5.41) is 3.06. The Morgan fingerprint density at radius 2 is 1.70 bits per heavy atom. The summed E-state index contributed by atoms with van der Waals surface area (Å²) >= 11 is 0. The summed E-state index contributed by atoms with van der Waals surface area (Å²) in [6, 6.07) is 0. The molecule has 1 amide bonds. The summed E-state index contributed by atoms with van der Waals surface area (Å²) in [4.78, 5) is 11.7. The lowest BCUT2D eigenvalue weighted by atomic mass is 9.54. The van der Waals surface area contributed by atoms with Crippen LogP contribution in [0.3, 0.4) is 0 Å². The molecule has 0 aliphatic heterocycles. The van der Waals surface area contributed by atoms with Gasteiger partial charge < -0.3 is 10.1 Å². The van der Waals surface area contributed by atoms with Gasteiger partial charge in [0.25, 0.3) is 0 Å². The van der Waals surface area contributed by atoms with Crippen LogP contribution in [0.4, 0.5) is 0 Å². The molecular weight excluding hydrogens is 250 g/mol. The van der Waals surface area contributed by atoms with E-state index in [1.165, 1.54) is 38.5 Å². The van der Waals surface area contributed by atoms with E-state index >= 15 is 0 Å². The highest BCUT2D eigenvalue weighted by molar-refractivity contribution is 5.80. The average molecular weight is 277 g/mol. The maximum absolute atomic E-state index is 11.7. The van der Waals surface area contributed by atoms with E-state index in [9.17, 15) is 4.79 Å². The highest BCUT2D eigenvalue weighted by atomic mass is 16.5. The molecule has 5 aliphatic carbocycles. The Kier molecular flexibility index (Phi) is 3.10. The molecule has 5 rings (SSSR count). The Morgan fingerprint density at radius 1 is 1.15 bits per heavy atom. The third-order valence-electron chi connectivity index (χ3n) is 5.95. The van der Waals surface area contributed by atoms with Crippen LogP contribution in [-0.2, 0) is 9.53 Å². The van der Waals surface area contributed by atoms with Gasteiger partial charge in [-0.1, -0.05) is 0 Å². The molecule has 3 heteroatoms. The van der Waals surface area contributed by atoms with E-state index in [2.05, 4.69) is 12.2 Å². The lowest BCUT2D eigenvalue weighted by molar-refractivity contribution is -0.183. The van der Waals surface area contributed by atoms with Crippen molar-refractivity contribution >= 4 is 5.91 Å². The van der Waals surface area contributed by atoms with E-state index in [1.807, 2.05) is 0 Å². The second-order valence-electron chi connectivity index (χ2n) is 8.05. The van der Waals surface area contributed by atoms with Crippen LogP contribution in [0.5, 0.6) is 0 Å². The predicted molar refractivity (Wildman–Crippen MR) is 77.2 cm³/mol. The number of carbonyl (C=O) groups is 1. The molecule has 0 aromatic carbocycles. The average Bonchev–Trinajstić information content (AvgIpc) is 3.17. The van der Waals surface area contributed by atoms with Crippen LogP contribution in [0.25, 0.3) is 0 Å².